The van der Waals surface area contributed by atoms with Gasteiger partial charge in [-0.3, -0.25) is 15.1 Å². The van der Waals surface area contributed by atoms with Crippen molar-refractivity contribution in [2.24, 2.45) is 11.8 Å². The topological polar surface area (TPSA) is 107 Å². The lowest BCUT2D eigenvalue weighted by Gasteiger charge is -2.36. The van der Waals surface area contributed by atoms with Gasteiger partial charge in [-0.2, -0.15) is 0 Å². The second-order valence-corrected chi connectivity index (χ2v) is 12.2. The zero-order chi connectivity index (χ0) is 28.7. The third-order valence-corrected chi connectivity index (χ3v) is 9.15. The van der Waals surface area contributed by atoms with Gasteiger partial charge in [0.25, 0.3) is 5.91 Å². The fourth-order valence-corrected chi connectivity index (χ4v) is 6.99. The molecule has 0 bridgehead atoms. The molecule has 3 aliphatic rings. The molecule has 3 fully saturated rings. The summed E-state index contributed by atoms with van der Waals surface area (Å²) in [5.41, 5.74) is 1.95. The molecule has 1 aliphatic heterocycles. The minimum Gasteiger partial charge on any atom is -0.497 e. The number of hydrogen-bond acceptors (Lipinski definition) is 4. The van der Waals surface area contributed by atoms with Crippen LogP contribution in [0.15, 0.2) is 48.5 Å². The van der Waals surface area contributed by atoms with Gasteiger partial charge in [0.1, 0.15) is 11.3 Å². The van der Waals surface area contributed by atoms with Crippen molar-refractivity contribution < 1.29 is 14.3 Å². The maximum absolute atomic E-state index is 14.1. The first-order valence-electron chi connectivity index (χ1n) is 15.4. The Morgan fingerprint density at radius 2 is 1.56 bits per heavy atom. The first-order valence-corrected chi connectivity index (χ1v) is 15.4. The highest BCUT2D eigenvalue weighted by atomic mass is 16.5. The molecular formula is C33H45N5O3. The van der Waals surface area contributed by atoms with E-state index in [1.54, 1.807) is 18.1 Å². The fourth-order valence-electron chi connectivity index (χ4n) is 6.99. The van der Waals surface area contributed by atoms with Crippen molar-refractivity contribution in [3.8, 4) is 5.75 Å². The van der Waals surface area contributed by atoms with E-state index in [1.807, 2.05) is 42.5 Å². The number of guanidine groups is 1. The summed E-state index contributed by atoms with van der Waals surface area (Å²) in [7, 11) is 1.59. The number of nitrogens with one attached hydrogen (secondary N) is 4. The van der Waals surface area contributed by atoms with E-state index in [-0.39, 0.29) is 17.9 Å². The molecule has 1 heterocycles. The standard InChI is InChI=1S/C33H45N5O3/c1-41-29-14-8-13-28(19-29)36-32(40)35-22-26-15-17-27(18-16-26)23-38-30(39)33(37-31(38)34,20-24-9-4-2-5-10-24)21-25-11-6-3-7-12-25/h8,13-19,24-25H,2-7,9-12,20-23H2,1H3,(H2,34,37)(H2,35,36,40). The minimum atomic E-state index is -0.638. The molecule has 4 N–H and O–H groups in total. The average molecular weight is 560 g/mol. The second-order valence-electron chi connectivity index (χ2n) is 12.2. The van der Waals surface area contributed by atoms with Crippen LogP contribution in [0.25, 0.3) is 0 Å². The van der Waals surface area contributed by atoms with E-state index in [2.05, 4.69) is 16.0 Å². The molecule has 2 saturated carbocycles. The van der Waals surface area contributed by atoms with E-state index < -0.39 is 5.54 Å². The lowest BCUT2D eigenvalue weighted by atomic mass is 9.73. The maximum atomic E-state index is 14.1. The van der Waals surface area contributed by atoms with E-state index in [1.165, 1.54) is 64.2 Å². The summed E-state index contributed by atoms with van der Waals surface area (Å²) in [4.78, 5) is 28.1. The van der Waals surface area contributed by atoms with Crippen molar-refractivity contribution in [2.45, 2.75) is 95.7 Å². The third-order valence-electron chi connectivity index (χ3n) is 9.15. The van der Waals surface area contributed by atoms with Crippen LogP contribution in [0.1, 0.15) is 88.2 Å². The van der Waals surface area contributed by atoms with Gasteiger partial charge in [-0.25, -0.2) is 4.79 Å². The van der Waals surface area contributed by atoms with Crippen LogP contribution < -0.4 is 20.7 Å². The van der Waals surface area contributed by atoms with Gasteiger partial charge in [-0.05, 0) is 47.9 Å². The fraction of sp³-hybridized carbons (Fsp3) is 0.545. The highest BCUT2D eigenvalue weighted by molar-refractivity contribution is 6.07. The molecule has 8 nitrogen and oxygen atoms in total. The number of anilines is 1. The quantitative estimate of drug-likeness (QED) is 0.264. The number of benzene rings is 2. The van der Waals surface area contributed by atoms with Crippen LogP contribution in [0.5, 0.6) is 5.75 Å². The molecule has 220 valence electrons. The molecule has 3 amide bonds. The molecule has 0 radical (unpaired) electrons. The molecule has 0 atom stereocenters. The number of carbonyl (C=O) groups is 2. The van der Waals surface area contributed by atoms with Gasteiger partial charge in [-0.15, -0.1) is 0 Å². The monoisotopic (exact) mass is 559 g/mol. The van der Waals surface area contributed by atoms with E-state index in [0.29, 0.717) is 36.4 Å². The second kappa shape index (κ2) is 13.4. The van der Waals surface area contributed by atoms with Crippen LogP contribution in [0, 0.1) is 17.2 Å². The molecule has 1 saturated heterocycles. The van der Waals surface area contributed by atoms with Crippen LogP contribution in [-0.4, -0.2) is 35.4 Å². The van der Waals surface area contributed by atoms with Gasteiger partial charge in [0.05, 0.1) is 13.7 Å². The Labute approximate surface area is 244 Å². The number of rotatable bonds is 10. The summed E-state index contributed by atoms with van der Waals surface area (Å²) in [5.74, 6) is 2.12. The van der Waals surface area contributed by atoms with E-state index in [4.69, 9.17) is 10.1 Å². The van der Waals surface area contributed by atoms with Crippen LogP contribution in [0.4, 0.5) is 10.5 Å². The molecule has 2 aromatic carbocycles. The van der Waals surface area contributed by atoms with Gasteiger partial charge in [0, 0.05) is 18.3 Å². The van der Waals surface area contributed by atoms with Gasteiger partial charge in [0.15, 0.2) is 5.96 Å². The van der Waals surface area contributed by atoms with Crippen LogP contribution in [0.2, 0.25) is 0 Å². The molecule has 0 spiro atoms. The molecule has 2 aliphatic carbocycles. The van der Waals surface area contributed by atoms with Crippen molar-refractivity contribution in [2.75, 3.05) is 12.4 Å². The van der Waals surface area contributed by atoms with E-state index in [0.717, 1.165) is 24.0 Å². The Morgan fingerprint density at radius 3 is 2.17 bits per heavy atom. The maximum Gasteiger partial charge on any atom is 0.319 e. The van der Waals surface area contributed by atoms with E-state index in [9.17, 15) is 9.59 Å². The van der Waals surface area contributed by atoms with Crippen molar-refractivity contribution in [3.05, 3.63) is 59.7 Å². The summed E-state index contributed by atoms with van der Waals surface area (Å²) in [6.07, 6.45) is 14.1. The summed E-state index contributed by atoms with van der Waals surface area (Å²) in [6, 6.07) is 14.8. The van der Waals surface area contributed by atoms with Gasteiger partial charge >= 0.3 is 6.03 Å². The summed E-state index contributed by atoms with van der Waals surface area (Å²) in [6.45, 7) is 0.758. The zero-order valence-electron chi connectivity index (χ0n) is 24.3. The first kappa shape index (κ1) is 29.0. The number of hydrogen-bond donors (Lipinski definition) is 4. The molecule has 41 heavy (non-hydrogen) atoms. The number of carbonyl (C=O) groups excluding carboxylic acids is 2. The van der Waals surface area contributed by atoms with Gasteiger partial charge in [0.2, 0.25) is 0 Å². The van der Waals surface area contributed by atoms with Gasteiger partial charge in [-0.1, -0.05) is 94.5 Å². The molecule has 0 unspecified atom stereocenters. The van der Waals surface area contributed by atoms with Crippen molar-refractivity contribution >= 4 is 23.6 Å². The smallest absolute Gasteiger partial charge is 0.319 e. The highest BCUT2D eigenvalue weighted by Crippen LogP contribution is 2.40. The molecular weight excluding hydrogens is 514 g/mol. The number of amides is 3. The highest BCUT2D eigenvalue weighted by Gasteiger charge is 2.51. The van der Waals surface area contributed by atoms with Crippen LogP contribution >= 0.6 is 0 Å². The Bertz CT molecular complexity index is 1180. The SMILES string of the molecule is COc1cccc(NC(=O)NCc2ccc(CN3C(=N)NC(CC4CCCCC4)(CC4CCCCC4)C3=O)cc2)c1. The predicted octanol–water partition coefficient (Wildman–Crippen LogP) is 6.56. The minimum absolute atomic E-state index is 0.0820. The number of ether oxygens (including phenoxy) is 1. The van der Waals surface area contributed by atoms with Gasteiger partial charge < -0.3 is 20.7 Å². The molecule has 5 rings (SSSR count). The van der Waals surface area contributed by atoms with Crippen molar-refractivity contribution in [1.29, 1.82) is 5.41 Å². The Balaban J connectivity index is 1.19. The third kappa shape index (κ3) is 7.40. The largest absolute Gasteiger partial charge is 0.497 e. The Morgan fingerprint density at radius 1 is 0.951 bits per heavy atom. The average Bonchev–Trinajstić information content (AvgIpc) is 3.21. The summed E-state index contributed by atoms with van der Waals surface area (Å²) in [5, 5.41) is 17.9. The van der Waals surface area contributed by atoms with E-state index >= 15 is 0 Å². The lowest BCUT2D eigenvalue weighted by molar-refractivity contribution is -0.133. The number of nitrogens with zero attached hydrogens (tertiary/aromatic N) is 1. The van der Waals surface area contributed by atoms with Crippen LogP contribution in [-0.2, 0) is 17.9 Å². The lowest BCUT2D eigenvalue weighted by Crippen LogP contribution is -2.50. The Kier molecular flexibility index (Phi) is 9.47. The zero-order valence-corrected chi connectivity index (χ0v) is 24.3. The molecule has 2 aromatic rings. The first-order chi connectivity index (χ1) is 19.9. The summed E-state index contributed by atoms with van der Waals surface area (Å²) >= 11 is 0. The number of methoxy groups -OCH3 is 1. The predicted molar refractivity (Wildman–Crippen MR) is 162 cm³/mol. The molecule has 8 heteroatoms. The van der Waals surface area contributed by atoms with Crippen molar-refractivity contribution in [3.63, 3.8) is 0 Å². The van der Waals surface area contributed by atoms with Crippen molar-refractivity contribution in [1.82, 2.24) is 15.5 Å². The van der Waals surface area contributed by atoms with Crippen LogP contribution in [0.3, 0.4) is 0 Å². The Hall–Kier alpha value is -3.55. The number of urea groups is 1. The normalized spacial score (nSPS) is 19.6. The molecule has 0 aromatic heterocycles. The summed E-state index contributed by atoms with van der Waals surface area (Å²) < 4.78 is 5.20.